The van der Waals surface area contributed by atoms with Gasteiger partial charge in [0.25, 0.3) is 0 Å². The molecule has 1 atom stereocenters. The van der Waals surface area contributed by atoms with Crippen LogP contribution in [0.4, 0.5) is 10.5 Å². The molecule has 5 rings (SSSR count). The van der Waals surface area contributed by atoms with Crippen molar-refractivity contribution in [1.29, 1.82) is 0 Å². The van der Waals surface area contributed by atoms with Crippen LogP contribution in [0.5, 0.6) is 0 Å². The first-order valence-electron chi connectivity index (χ1n) is 11.8. The van der Waals surface area contributed by atoms with Crippen molar-refractivity contribution in [2.75, 3.05) is 5.32 Å². The number of benzene rings is 3. The molecule has 1 amide bonds. The zero-order chi connectivity index (χ0) is 25.3. The number of nitrogens with zero attached hydrogens (tertiary/aromatic N) is 1. The van der Waals surface area contributed by atoms with E-state index in [9.17, 15) is 14.7 Å². The minimum Gasteiger partial charge on any atom is -0.481 e. The number of carbonyl (C=O) groups is 2. The number of carboxylic acid groups (broad SMARTS) is 1. The van der Waals surface area contributed by atoms with E-state index in [1.807, 2.05) is 85.8 Å². The van der Waals surface area contributed by atoms with Crippen molar-refractivity contribution in [2.45, 2.75) is 38.2 Å². The number of rotatable bonds is 7. The number of aromatic nitrogens is 1. The Morgan fingerprint density at radius 2 is 1.53 bits per heavy atom. The van der Waals surface area contributed by atoms with Gasteiger partial charge in [-0.15, -0.1) is 0 Å². The zero-order valence-corrected chi connectivity index (χ0v) is 20.0. The molecule has 1 unspecified atom stereocenters. The maximum absolute atomic E-state index is 12.6. The largest absolute Gasteiger partial charge is 0.481 e. The second kappa shape index (κ2) is 9.34. The van der Waals surface area contributed by atoms with Crippen LogP contribution >= 0.6 is 0 Å². The molecular weight excluding hydrogens is 456 g/mol. The fourth-order valence-corrected chi connectivity index (χ4v) is 4.35. The normalized spacial score (nSPS) is 14.6. The van der Waals surface area contributed by atoms with Gasteiger partial charge in [0.15, 0.2) is 5.76 Å². The molecule has 1 saturated carbocycles. The van der Waals surface area contributed by atoms with E-state index in [0.717, 1.165) is 27.8 Å². The lowest BCUT2D eigenvalue weighted by Crippen LogP contribution is -2.19. The summed E-state index contributed by atoms with van der Waals surface area (Å²) in [5, 5.41) is 16.4. The van der Waals surface area contributed by atoms with Crippen molar-refractivity contribution in [3.63, 3.8) is 0 Å². The highest BCUT2D eigenvalue weighted by molar-refractivity contribution is 5.91. The van der Waals surface area contributed by atoms with Crippen LogP contribution in [0.25, 0.3) is 22.4 Å². The molecule has 1 aromatic heterocycles. The van der Waals surface area contributed by atoms with Crippen LogP contribution < -0.4 is 5.32 Å². The smallest absolute Gasteiger partial charge is 0.412 e. The first kappa shape index (κ1) is 23.4. The van der Waals surface area contributed by atoms with Crippen LogP contribution in [0.3, 0.4) is 0 Å². The van der Waals surface area contributed by atoms with Gasteiger partial charge in [-0.1, -0.05) is 84.0 Å². The van der Waals surface area contributed by atoms with Gasteiger partial charge in [0.2, 0.25) is 0 Å². The van der Waals surface area contributed by atoms with Gasteiger partial charge in [-0.3, -0.25) is 10.1 Å². The molecule has 1 aliphatic rings. The van der Waals surface area contributed by atoms with Crippen molar-refractivity contribution in [3.8, 4) is 22.4 Å². The summed E-state index contributed by atoms with van der Waals surface area (Å²) < 4.78 is 10.9. The summed E-state index contributed by atoms with van der Waals surface area (Å²) in [6.45, 7) is 3.54. The maximum Gasteiger partial charge on any atom is 0.412 e. The van der Waals surface area contributed by atoms with E-state index in [1.54, 1.807) is 6.92 Å². The van der Waals surface area contributed by atoms with Crippen molar-refractivity contribution in [3.05, 3.63) is 95.7 Å². The lowest BCUT2D eigenvalue weighted by molar-refractivity contribution is -0.140. The molecule has 1 fully saturated rings. The van der Waals surface area contributed by atoms with Crippen LogP contribution in [0.15, 0.2) is 83.4 Å². The summed E-state index contributed by atoms with van der Waals surface area (Å²) in [5.41, 5.74) is 4.75. The Balaban J connectivity index is 1.30. The molecule has 2 N–H and O–H groups in total. The summed E-state index contributed by atoms with van der Waals surface area (Å²) in [4.78, 5) is 24.2. The fourth-order valence-electron chi connectivity index (χ4n) is 4.35. The van der Waals surface area contributed by atoms with Crippen LogP contribution in [-0.2, 0) is 14.9 Å². The van der Waals surface area contributed by atoms with Crippen LogP contribution in [0, 0.1) is 6.92 Å². The highest BCUT2D eigenvalue weighted by Gasteiger charge is 2.51. The molecule has 0 bridgehead atoms. The maximum atomic E-state index is 12.6. The minimum atomic E-state index is -0.759. The van der Waals surface area contributed by atoms with Crippen molar-refractivity contribution >= 4 is 17.7 Å². The highest BCUT2D eigenvalue weighted by atomic mass is 16.6. The van der Waals surface area contributed by atoms with Crippen LogP contribution in [0.2, 0.25) is 0 Å². The van der Waals surface area contributed by atoms with Gasteiger partial charge in [0.1, 0.15) is 17.5 Å². The number of aliphatic carboxylic acids is 1. The molecule has 7 heteroatoms. The Hall–Kier alpha value is -4.39. The van der Waals surface area contributed by atoms with E-state index in [0.29, 0.717) is 30.0 Å². The molecule has 4 aromatic rings. The van der Waals surface area contributed by atoms with Gasteiger partial charge < -0.3 is 14.4 Å². The molecular formula is C29H26N2O5. The van der Waals surface area contributed by atoms with Gasteiger partial charge in [-0.05, 0) is 48.9 Å². The standard InChI is InChI=1S/C29H26N2O5/c1-18(20-6-4-3-5-7-20)35-28(34)30-25-19(2)36-31-26(25)23-10-8-21(9-11-23)22-12-14-24(15-13-22)29(16-17-29)27(32)33/h3-15,18H,16-17H2,1-2H3,(H,30,34)(H,32,33). The molecule has 0 spiro atoms. The van der Waals surface area contributed by atoms with E-state index in [1.165, 1.54) is 0 Å². The number of carbonyl (C=O) groups excluding carboxylic acids is 1. The minimum absolute atomic E-state index is 0.411. The van der Waals surface area contributed by atoms with Gasteiger partial charge in [-0.2, -0.15) is 0 Å². The number of nitrogens with one attached hydrogen (secondary N) is 1. The first-order chi connectivity index (χ1) is 17.4. The summed E-state index contributed by atoms with van der Waals surface area (Å²) in [7, 11) is 0. The van der Waals surface area contributed by atoms with Crippen LogP contribution in [0.1, 0.15) is 42.8 Å². The first-order valence-corrected chi connectivity index (χ1v) is 11.8. The van der Waals surface area contributed by atoms with E-state index >= 15 is 0 Å². The molecule has 1 aliphatic carbocycles. The molecule has 0 aliphatic heterocycles. The lowest BCUT2D eigenvalue weighted by Gasteiger charge is -2.14. The summed E-state index contributed by atoms with van der Waals surface area (Å²) in [5.74, 6) is -0.285. The topological polar surface area (TPSA) is 102 Å². The van der Waals surface area contributed by atoms with E-state index in [-0.39, 0.29) is 0 Å². The van der Waals surface area contributed by atoms with Gasteiger partial charge in [0.05, 0.1) is 5.41 Å². The van der Waals surface area contributed by atoms with Crippen molar-refractivity contribution < 1.29 is 24.0 Å². The van der Waals surface area contributed by atoms with E-state index < -0.39 is 23.6 Å². The number of amides is 1. The molecule has 3 aromatic carbocycles. The number of anilines is 1. The quantitative estimate of drug-likeness (QED) is 0.302. The number of carboxylic acids is 1. The number of hydrogen-bond donors (Lipinski definition) is 2. The third kappa shape index (κ3) is 4.47. The van der Waals surface area contributed by atoms with Crippen molar-refractivity contribution in [1.82, 2.24) is 5.16 Å². The summed E-state index contributed by atoms with van der Waals surface area (Å²) in [6, 6.07) is 24.9. The van der Waals surface area contributed by atoms with Gasteiger partial charge in [0, 0.05) is 5.56 Å². The SMILES string of the molecule is Cc1onc(-c2ccc(-c3ccc(C4(C(=O)O)CC4)cc3)cc2)c1NC(=O)OC(C)c1ccccc1. The zero-order valence-electron chi connectivity index (χ0n) is 20.0. The summed E-state index contributed by atoms with van der Waals surface area (Å²) >= 11 is 0. The average molecular weight is 483 g/mol. The predicted molar refractivity (Wildman–Crippen MR) is 136 cm³/mol. The third-order valence-corrected chi connectivity index (χ3v) is 6.73. The molecule has 182 valence electrons. The molecule has 36 heavy (non-hydrogen) atoms. The molecule has 0 radical (unpaired) electrons. The Kier molecular flexibility index (Phi) is 6.06. The van der Waals surface area contributed by atoms with Gasteiger partial charge in [-0.25, -0.2) is 4.79 Å². The average Bonchev–Trinajstić information content (AvgIpc) is 3.64. The monoisotopic (exact) mass is 482 g/mol. The van der Waals surface area contributed by atoms with Crippen LogP contribution in [-0.4, -0.2) is 22.3 Å². The lowest BCUT2D eigenvalue weighted by atomic mass is 9.93. The van der Waals surface area contributed by atoms with Crippen molar-refractivity contribution in [2.24, 2.45) is 0 Å². The van der Waals surface area contributed by atoms with E-state index in [4.69, 9.17) is 9.26 Å². The second-order valence-corrected chi connectivity index (χ2v) is 9.09. The Bertz CT molecular complexity index is 1390. The third-order valence-electron chi connectivity index (χ3n) is 6.73. The predicted octanol–water partition coefficient (Wildman–Crippen LogP) is 6.74. The number of hydrogen-bond acceptors (Lipinski definition) is 5. The molecule has 0 saturated heterocycles. The van der Waals surface area contributed by atoms with Gasteiger partial charge >= 0.3 is 12.1 Å². The number of aryl methyl sites for hydroxylation is 1. The highest BCUT2D eigenvalue weighted by Crippen LogP contribution is 2.48. The number of ether oxygens (including phenoxy) is 1. The summed E-state index contributed by atoms with van der Waals surface area (Å²) in [6.07, 6.45) is 0.363. The molecule has 7 nitrogen and oxygen atoms in total. The Morgan fingerprint density at radius 3 is 2.11 bits per heavy atom. The fraction of sp³-hybridized carbons (Fsp3) is 0.207. The second-order valence-electron chi connectivity index (χ2n) is 9.09. The van der Waals surface area contributed by atoms with E-state index in [2.05, 4.69) is 10.5 Å². The Morgan fingerprint density at radius 1 is 0.944 bits per heavy atom. The molecule has 1 heterocycles. The Labute approximate surface area is 208 Å².